The second-order valence-electron chi connectivity index (χ2n) is 5.64. The van der Waals surface area contributed by atoms with Crippen LogP contribution in [0.2, 0.25) is 5.02 Å². The van der Waals surface area contributed by atoms with E-state index in [2.05, 4.69) is 27.9 Å². The third-order valence-electron chi connectivity index (χ3n) is 3.75. The van der Waals surface area contributed by atoms with E-state index in [1.807, 2.05) is 30.7 Å². The molecule has 1 aromatic heterocycles. The fourth-order valence-electron chi connectivity index (χ4n) is 2.52. The van der Waals surface area contributed by atoms with E-state index < -0.39 is 0 Å². The molecule has 1 heterocycles. The first-order valence-corrected chi connectivity index (χ1v) is 7.58. The molecule has 1 N–H and O–H groups in total. The van der Waals surface area contributed by atoms with E-state index in [4.69, 9.17) is 11.6 Å². The molecule has 1 aromatic carbocycles. The molecule has 3 nitrogen and oxygen atoms in total. The van der Waals surface area contributed by atoms with E-state index in [9.17, 15) is 0 Å². The minimum atomic E-state index is 0.413. The van der Waals surface area contributed by atoms with Gasteiger partial charge in [0.2, 0.25) is 0 Å². The molecule has 106 valence electrons. The molecule has 1 aliphatic rings. The summed E-state index contributed by atoms with van der Waals surface area (Å²) in [6.45, 7) is 3.08. The summed E-state index contributed by atoms with van der Waals surface area (Å²) in [6, 6.07) is 9.19. The molecular weight excluding hydrogens is 270 g/mol. The van der Waals surface area contributed by atoms with Crippen LogP contribution in [0.4, 0.5) is 0 Å². The molecule has 20 heavy (non-hydrogen) atoms. The Balaban J connectivity index is 1.54. The molecule has 4 heteroatoms. The Labute approximate surface area is 125 Å². The highest BCUT2D eigenvalue weighted by molar-refractivity contribution is 6.30. The first-order chi connectivity index (χ1) is 9.72. The summed E-state index contributed by atoms with van der Waals surface area (Å²) in [4.78, 5) is 4.26. The smallest absolute Gasteiger partial charge is 0.0951 e. The summed E-state index contributed by atoms with van der Waals surface area (Å²) in [7, 11) is 0. The average molecular weight is 290 g/mol. The van der Waals surface area contributed by atoms with Gasteiger partial charge in [0, 0.05) is 29.8 Å². The highest BCUT2D eigenvalue weighted by Gasteiger charge is 2.25. The number of hydrogen-bond acceptors (Lipinski definition) is 2. The van der Waals surface area contributed by atoms with Crippen LogP contribution in [0.15, 0.2) is 36.8 Å². The predicted molar refractivity (Wildman–Crippen MR) is 82.0 cm³/mol. The van der Waals surface area contributed by atoms with Crippen molar-refractivity contribution in [3.8, 4) is 0 Å². The Morgan fingerprint density at radius 1 is 1.45 bits per heavy atom. The molecule has 3 rings (SSSR count). The van der Waals surface area contributed by atoms with Gasteiger partial charge in [0.15, 0.2) is 0 Å². The molecule has 0 saturated heterocycles. The Kier molecular flexibility index (Phi) is 4.08. The van der Waals surface area contributed by atoms with Gasteiger partial charge in [-0.2, -0.15) is 0 Å². The van der Waals surface area contributed by atoms with Crippen LogP contribution in [0.25, 0.3) is 0 Å². The Morgan fingerprint density at radius 3 is 3.05 bits per heavy atom. The molecule has 0 radical (unpaired) electrons. The van der Waals surface area contributed by atoms with Crippen molar-refractivity contribution in [3.63, 3.8) is 0 Å². The number of nitrogens with zero attached hydrogens (tertiary/aromatic N) is 2. The summed E-state index contributed by atoms with van der Waals surface area (Å²) >= 11 is 6.02. The molecular formula is C16H20ClN3. The molecule has 1 aliphatic carbocycles. The van der Waals surface area contributed by atoms with Crippen LogP contribution in [0.1, 0.15) is 37.1 Å². The third-order valence-corrected chi connectivity index (χ3v) is 3.98. The van der Waals surface area contributed by atoms with Crippen LogP contribution in [-0.2, 0) is 13.0 Å². The van der Waals surface area contributed by atoms with Crippen LogP contribution in [0, 0.1) is 0 Å². The summed E-state index contributed by atoms with van der Waals surface area (Å²) in [5.74, 6) is 0. The number of imidazole rings is 1. The molecule has 1 fully saturated rings. The summed E-state index contributed by atoms with van der Waals surface area (Å²) < 4.78 is 2.30. The molecule has 1 saturated carbocycles. The van der Waals surface area contributed by atoms with Crippen LogP contribution in [-0.4, -0.2) is 15.6 Å². The molecule has 1 atom stereocenters. The monoisotopic (exact) mass is 289 g/mol. The van der Waals surface area contributed by atoms with Crippen molar-refractivity contribution < 1.29 is 0 Å². The second kappa shape index (κ2) is 5.98. The topological polar surface area (TPSA) is 29.9 Å². The summed E-state index contributed by atoms with van der Waals surface area (Å²) in [5.41, 5.74) is 2.55. The van der Waals surface area contributed by atoms with E-state index in [1.165, 1.54) is 24.1 Å². The number of rotatable bonds is 6. The quantitative estimate of drug-likeness (QED) is 0.881. The van der Waals surface area contributed by atoms with E-state index in [1.54, 1.807) is 0 Å². The van der Waals surface area contributed by atoms with Gasteiger partial charge < -0.3 is 9.88 Å². The standard InChI is InChI=1S/C16H20ClN3/c1-12(7-13-3-2-4-14(17)8-13)19-10-16-9-18-11-20(16)15-5-6-15/h2-4,8-9,11-12,15,19H,5-7,10H2,1H3. The zero-order chi connectivity index (χ0) is 13.9. The molecule has 0 bridgehead atoms. The highest BCUT2D eigenvalue weighted by atomic mass is 35.5. The minimum Gasteiger partial charge on any atom is -0.330 e. The summed E-state index contributed by atoms with van der Waals surface area (Å²) in [6.07, 6.45) is 7.49. The van der Waals surface area contributed by atoms with Gasteiger partial charge >= 0.3 is 0 Å². The lowest BCUT2D eigenvalue weighted by atomic mass is 10.1. The number of nitrogens with one attached hydrogen (secondary N) is 1. The van der Waals surface area contributed by atoms with Crippen molar-refractivity contribution >= 4 is 11.6 Å². The van der Waals surface area contributed by atoms with Gasteiger partial charge in [0.25, 0.3) is 0 Å². The van der Waals surface area contributed by atoms with Crippen molar-refractivity contribution in [3.05, 3.63) is 53.1 Å². The maximum Gasteiger partial charge on any atom is 0.0951 e. The van der Waals surface area contributed by atoms with E-state index >= 15 is 0 Å². The Morgan fingerprint density at radius 2 is 2.30 bits per heavy atom. The molecule has 0 spiro atoms. The molecule has 1 unspecified atom stereocenters. The van der Waals surface area contributed by atoms with Gasteiger partial charge in [-0.05, 0) is 43.9 Å². The average Bonchev–Trinajstić information content (AvgIpc) is 3.15. The van der Waals surface area contributed by atoms with Crippen LogP contribution < -0.4 is 5.32 Å². The molecule has 2 aromatic rings. The maximum absolute atomic E-state index is 6.02. The number of hydrogen-bond donors (Lipinski definition) is 1. The Bertz CT molecular complexity index is 575. The lowest BCUT2D eigenvalue weighted by Crippen LogP contribution is -2.28. The maximum atomic E-state index is 6.02. The van der Waals surface area contributed by atoms with E-state index in [0.717, 1.165) is 18.0 Å². The molecule has 0 aliphatic heterocycles. The third kappa shape index (κ3) is 3.41. The zero-order valence-electron chi connectivity index (χ0n) is 11.7. The van der Waals surface area contributed by atoms with Crippen LogP contribution in [0.3, 0.4) is 0 Å². The lowest BCUT2D eigenvalue weighted by Gasteiger charge is -2.15. The van der Waals surface area contributed by atoms with Crippen LogP contribution >= 0.6 is 11.6 Å². The fourth-order valence-corrected chi connectivity index (χ4v) is 2.73. The lowest BCUT2D eigenvalue weighted by molar-refractivity contribution is 0.525. The first kappa shape index (κ1) is 13.7. The fraction of sp³-hybridized carbons (Fsp3) is 0.438. The van der Waals surface area contributed by atoms with Crippen molar-refractivity contribution in [2.45, 2.75) is 44.8 Å². The highest BCUT2D eigenvalue weighted by Crippen LogP contribution is 2.35. The van der Waals surface area contributed by atoms with Crippen molar-refractivity contribution in [1.82, 2.24) is 14.9 Å². The normalized spacial score (nSPS) is 16.3. The number of benzene rings is 1. The second-order valence-corrected chi connectivity index (χ2v) is 6.08. The number of halogens is 1. The van der Waals surface area contributed by atoms with Gasteiger partial charge in [-0.3, -0.25) is 0 Å². The van der Waals surface area contributed by atoms with Crippen LogP contribution in [0.5, 0.6) is 0 Å². The summed E-state index contributed by atoms with van der Waals surface area (Å²) in [5, 5.41) is 4.38. The Hall–Kier alpha value is -1.32. The predicted octanol–water partition coefficient (Wildman–Crippen LogP) is 3.59. The van der Waals surface area contributed by atoms with Crippen molar-refractivity contribution in [2.24, 2.45) is 0 Å². The van der Waals surface area contributed by atoms with Gasteiger partial charge in [-0.1, -0.05) is 23.7 Å². The first-order valence-electron chi connectivity index (χ1n) is 7.21. The number of aromatic nitrogens is 2. The molecule has 0 amide bonds. The van der Waals surface area contributed by atoms with E-state index in [-0.39, 0.29) is 0 Å². The minimum absolute atomic E-state index is 0.413. The zero-order valence-corrected chi connectivity index (χ0v) is 12.5. The van der Waals surface area contributed by atoms with Gasteiger partial charge in [0.1, 0.15) is 0 Å². The van der Waals surface area contributed by atoms with E-state index in [0.29, 0.717) is 12.1 Å². The van der Waals surface area contributed by atoms with Crippen molar-refractivity contribution in [1.29, 1.82) is 0 Å². The van der Waals surface area contributed by atoms with Gasteiger partial charge in [0.05, 0.1) is 12.0 Å². The van der Waals surface area contributed by atoms with Gasteiger partial charge in [-0.15, -0.1) is 0 Å². The van der Waals surface area contributed by atoms with Gasteiger partial charge in [-0.25, -0.2) is 4.98 Å². The largest absolute Gasteiger partial charge is 0.330 e. The SMILES string of the molecule is CC(Cc1cccc(Cl)c1)NCc1cncn1C1CC1. The van der Waals surface area contributed by atoms with Crippen molar-refractivity contribution in [2.75, 3.05) is 0 Å².